The van der Waals surface area contributed by atoms with Gasteiger partial charge in [0.05, 0.1) is 22.6 Å². The van der Waals surface area contributed by atoms with E-state index in [1.165, 1.54) is 51.4 Å². The summed E-state index contributed by atoms with van der Waals surface area (Å²) >= 11 is 0. The molecule has 3 rings (SSSR count). The van der Waals surface area contributed by atoms with Crippen molar-refractivity contribution in [2.24, 2.45) is 0 Å². The third kappa shape index (κ3) is 5.65. The number of hydrogen-bond donors (Lipinski definition) is 0. The summed E-state index contributed by atoms with van der Waals surface area (Å²) in [6.45, 7) is 9.79. The molecule has 27 heavy (non-hydrogen) atoms. The Bertz CT molecular complexity index is 462. The van der Waals surface area contributed by atoms with Gasteiger partial charge in [0, 0.05) is 15.8 Å². The molecule has 0 nitrogen and oxygen atoms in total. The van der Waals surface area contributed by atoms with Crippen molar-refractivity contribution in [2.75, 3.05) is 0 Å². The second kappa shape index (κ2) is 13.1. The van der Waals surface area contributed by atoms with Gasteiger partial charge in [-0.1, -0.05) is 39.8 Å². The van der Waals surface area contributed by atoms with Crippen molar-refractivity contribution in [3.8, 4) is 0 Å². The van der Waals surface area contributed by atoms with Gasteiger partial charge in [-0.25, -0.2) is 0 Å². The average Bonchev–Trinajstić information content (AvgIpc) is 3.24. The molecule has 2 aliphatic heterocycles. The van der Waals surface area contributed by atoms with Crippen LogP contribution in [-0.4, -0.2) is 22.6 Å². The van der Waals surface area contributed by atoms with Crippen LogP contribution in [0.2, 0.25) is 0 Å². The van der Waals surface area contributed by atoms with Gasteiger partial charge in [0.15, 0.2) is 0 Å². The van der Waals surface area contributed by atoms with Gasteiger partial charge < -0.3 is 14.9 Å². The van der Waals surface area contributed by atoms with Crippen LogP contribution in [0.5, 0.6) is 0 Å². The molecular formula is C24H44P2Rh+3. The van der Waals surface area contributed by atoms with E-state index in [-0.39, 0.29) is 50.2 Å². The molecule has 0 unspecified atom stereocenters. The minimum absolute atomic E-state index is 0. The molecule has 0 saturated carbocycles. The first-order valence-electron chi connectivity index (χ1n) is 10.6. The quantitative estimate of drug-likeness (QED) is 0.226. The summed E-state index contributed by atoms with van der Waals surface area (Å²) < 4.78 is 0. The van der Waals surface area contributed by atoms with E-state index in [0.29, 0.717) is 0 Å². The maximum Gasteiger partial charge on any atom is 3.00 e. The molecule has 1 aromatic rings. The fourth-order valence-electron chi connectivity index (χ4n) is 5.66. The summed E-state index contributed by atoms with van der Waals surface area (Å²) in [5.41, 5.74) is 4.13. The van der Waals surface area contributed by atoms with Gasteiger partial charge in [-0.15, -0.1) is 0 Å². The SMILES string of the molecule is CC[C@@H]1CC[C@@H](CC)[PH+]1c1ccccc1[PH+]1[C@@H](CC)CC[C@@H]1CC.[CH3-].[CH3-].[Rh+3]. The van der Waals surface area contributed by atoms with Gasteiger partial charge in [-0.2, -0.15) is 0 Å². The van der Waals surface area contributed by atoms with E-state index in [4.69, 9.17) is 0 Å². The Hall–Kier alpha value is 0.703. The van der Waals surface area contributed by atoms with E-state index >= 15 is 0 Å². The molecule has 2 heterocycles. The predicted octanol–water partition coefficient (Wildman–Crippen LogP) is 6.97. The zero-order valence-corrected chi connectivity index (χ0v) is 22.2. The van der Waals surface area contributed by atoms with Crippen molar-refractivity contribution >= 4 is 26.5 Å². The topological polar surface area (TPSA) is 0 Å². The maximum atomic E-state index is 2.58. The van der Waals surface area contributed by atoms with Crippen molar-refractivity contribution < 1.29 is 19.5 Å². The Kier molecular flexibility index (Phi) is 13.4. The summed E-state index contributed by atoms with van der Waals surface area (Å²) in [5, 5.41) is 3.79. The summed E-state index contributed by atoms with van der Waals surface area (Å²) in [6, 6.07) is 9.87. The Morgan fingerprint density at radius 2 is 0.889 bits per heavy atom. The van der Waals surface area contributed by atoms with Gasteiger partial charge in [-0.3, -0.25) is 0 Å². The minimum atomic E-state index is -0.371. The van der Waals surface area contributed by atoms with Crippen molar-refractivity contribution in [1.29, 1.82) is 0 Å². The van der Waals surface area contributed by atoms with Crippen molar-refractivity contribution in [3.63, 3.8) is 0 Å². The van der Waals surface area contributed by atoms with Gasteiger partial charge in [-0.05, 0) is 63.5 Å². The Labute approximate surface area is 186 Å². The van der Waals surface area contributed by atoms with E-state index in [1.54, 1.807) is 0 Å². The fourth-order valence-corrected chi connectivity index (χ4v) is 14.7. The molecule has 2 aliphatic rings. The van der Waals surface area contributed by atoms with Crippen LogP contribution < -0.4 is 10.6 Å². The molecule has 0 aliphatic carbocycles. The minimum Gasteiger partial charge on any atom is -0.358 e. The number of benzene rings is 1. The maximum absolute atomic E-state index is 2.58. The Morgan fingerprint density at radius 3 is 1.11 bits per heavy atom. The smallest absolute Gasteiger partial charge is 0.358 e. The summed E-state index contributed by atoms with van der Waals surface area (Å²) in [5.74, 6) is 0. The number of hydrogen-bond acceptors (Lipinski definition) is 0. The molecular weight excluding hydrogens is 453 g/mol. The largest absolute Gasteiger partial charge is 3.00 e. The third-order valence-electron chi connectivity index (χ3n) is 7.01. The Balaban J connectivity index is 0.00000225. The van der Waals surface area contributed by atoms with Crippen LogP contribution in [-0.2, 0) is 19.5 Å². The standard InChI is InChI=1S/C22H36P2.2CH3.Rh/c1-5-17-13-14-18(6-2)23(17)21-11-9-10-12-22(21)24-19(7-3)15-16-20(24)8-4;;;/h9-12,17-20H,5-8,13-16H2,1-4H3;2*1H3;/q;2*-1;+3/p+2/t17-,18-,19+,20+;;;. The summed E-state index contributed by atoms with van der Waals surface area (Å²) in [7, 11) is -0.743. The van der Waals surface area contributed by atoms with Crippen LogP contribution in [0, 0.1) is 14.9 Å². The van der Waals surface area contributed by atoms with Gasteiger partial charge >= 0.3 is 19.5 Å². The third-order valence-corrected chi connectivity index (χ3v) is 15.7. The van der Waals surface area contributed by atoms with Crippen LogP contribution in [0.4, 0.5) is 0 Å². The molecule has 0 N–H and O–H groups in total. The normalized spacial score (nSPS) is 28.3. The molecule has 0 bridgehead atoms. The van der Waals surface area contributed by atoms with Crippen LogP contribution in [0.3, 0.4) is 0 Å². The molecule has 4 atom stereocenters. The summed E-state index contributed by atoms with van der Waals surface area (Å²) in [6.07, 6.45) is 11.7. The van der Waals surface area contributed by atoms with E-state index in [0.717, 1.165) is 22.6 Å². The van der Waals surface area contributed by atoms with E-state index in [1.807, 2.05) is 10.6 Å². The van der Waals surface area contributed by atoms with E-state index in [2.05, 4.69) is 52.0 Å². The van der Waals surface area contributed by atoms with Gasteiger partial charge in [0.25, 0.3) is 0 Å². The molecule has 0 aromatic heterocycles. The molecule has 3 heteroatoms. The first-order chi connectivity index (χ1) is 11.7. The van der Waals surface area contributed by atoms with Crippen LogP contribution in [0.1, 0.15) is 79.1 Å². The Morgan fingerprint density at radius 1 is 0.630 bits per heavy atom. The van der Waals surface area contributed by atoms with Gasteiger partial charge in [0.2, 0.25) is 0 Å². The van der Waals surface area contributed by atoms with Crippen molar-refractivity contribution in [3.05, 3.63) is 39.1 Å². The van der Waals surface area contributed by atoms with Gasteiger partial charge in [0.1, 0.15) is 10.6 Å². The van der Waals surface area contributed by atoms with Crippen LogP contribution >= 0.6 is 15.8 Å². The zero-order valence-electron chi connectivity index (χ0n) is 18.6. The molecule has 0 radical (unpaired) electrons. The summed E-state index contributed by atoms with van der Waals surface area (Å²) in [4.78, 5) is 0. The zero-order chi connectivity index (χ0) is 17.1. The average molecular weight is 497 g/mol. The second-order valence-electron chi connectivity index (χ2n) is 8.03. The molecule has 0 amide bonds. The molecule has 2 fully saturated rings. The van der Waals surface area contributed by atoms with E-state index in [9.17, 15) is 0 Å². The predicted molar refractivity (Wildman–Crippen MR) is 130 cm³/mol. The van der Waals surface area contributed by atoms with Crippen molar-refractivity contribution in [2.45, 2.75) is 102 Å². The molecule has 0 spiro atoms. The second-order valence-corrected chi connectivity index (χ2v) is 14.2. The fraction of sp³-hybridized carbons (Fsp3) is 0.667. The molecule has 156 valence electrons. The first-order valence-corrected chi connectivity index (χ1v) is 13.9. The number of rotatable bonds is 6. The van der Waals surface area contributed by atoms with E-state index < -0.39 is 0 Å². The first kappa shape index (κ1) is 27.7. The molecule has 2 saturated heterocycles. The van der Waals surface area contributed by atoms with Crippen LogP contribution in [0.25, 0.3) is 0 Å². The monoisotopic (exact) mass is 497 g/mol. The molecule has 1 aromatic carbocycles. The van der Waals surface area contributed by atoms with Crippen LogP contribution in [0.15, 0.2) is 24.3 Å². The van der Waals surface area contributed by atoms with Crippen molar-refractivity contribution in [1.82, 2.24) is 0 Å².